The first-order chi connectivity index (χ1) is 5.74. The van der Waals surface area contributed by atoms with Gasteiger partial charge in [0, 0.05) is 0 Å². The summed E-state index contributed by atoms with van der Waals surface area (Å²) in [5.41, 5.74) is 13.0. The maximum absolute atomic E-state index is 9.99. The molecule has 1 aromatic carbocycles. The van der Waals surface area contributed by atoms with Gasteiger partial charge in [-0.1, -0.05) is 12.1 Å². The van der Waals surface area contributed by atoms with Crippen molar-refractivity contribution in [2.45, 2.75) is 0 Å². The molecule has 0 spiro atoms. The van der Waals surface area contributed by atoms with Crippen molar-refractivity contribution >= 4 is 23.7 Å². The number of nitrogen functional groups attached to an aromatic ring is 2. The van der Waals surface area contributed by atoms with Gasteiger partial charge in [0.15, 0.2) is 0 Å². The number of carbonyl (C=O) groups is 1. The quantitative estimate of drug-likeness (QED) is 0.388. The molecule has 0 unspecified atom stereocenters. The number of hydrogen-bond donors (Lipinski definition) is 2. The van der Waals surface area contributed by atoms with Crippen molar-refractivity contribution in [2.24, 2.45) is 0 Å². The molecular formula is C9H10N2O. The number of aldehydes is 1. The smallest absolute Gasteiger partial charge is 0.142 e. The summed E-state index contributed by atoms with van der Waals surface area (Å²) in [4.78, 5) is 9.99. The monoisotopic (exact) mass is 162 g/mol. The molecule has 1 rings (SSSR count). The average molecular weight is 162 g/mol. The van der Waals surface area contributed by atoms with Crippen LogP contribution in [-0.4, -0.2) is 6.29 Å². The van der Waals surface area contributed by atoms with Crippen LogP contribution in [-0.2, 0) is 4.79 Å². The first kappa shape index (κ1) is 8.33. The molecule has 0 saturated carbocycles. The Morgan fingerprint density at radius 2 is 1.92 bits per heavy atom. The minimum Gasteiger partial charge on any atom is -0.397 e. The fraction of sp³-hybridized carbons (Fsp3) is 0. The molecule has 0 aliphatic carbocycles. The lowest BCUT2D eigenvalue weighted by molar-refractivity contribution is -0.104. The highest BCUT2D eigenvalue weighted by Gasteiger charge is 1.92. The third-order valence-electron chi connectivity index (χ3n) is 1.48. The van der Waals surface area contributed by atoms with Crippen molar-refractivity contribution in [3.05, 3.63) is 29.8 Å². The van der Waals surface area contributed by atoms with Crippen molar-refractivity contribution in [3.63, 3.8) is 0 Å². The van der Waals surface area contributed by atoms with Crippen molar-refractivity contribution in [2.75, 3.05) is 11.5 Å². The van der Waals surface area contributed by atoms with Crippen LogP contribution in [0.15, 0.2) is 24.3 Å². The van der Waals surface area contributed by atoms with E-state index in [2.05, 4.69) is 0 Å². The van der Waals surface area contributed by atoms with E-state index < -0.39 is 0 Å². The lowest BCUT2D eigenvalue weighted by Crippen LogP contribution is -1.93. The molecule has 0 aromatic heterocycles. The highest BCUT2D eigenvalue weighted by atomic mass is 16.1. The molecule has 3 heteroatoms. The van der Waals surface area contributed by atoms with Crippen molar-refractivity contribution < 1.29 is 4.79 Å². The molecule has 0 aliphatic heterocycles. The second kappa shape index (κ2) is 3.57. The fourth-order valence-corrected chi connectivity index (χ4v) is 0.847. The molecule has 0 heterocycles. The standard InChI is InChI=1S/C9H10N2O/c10-8-4-3-7(2-1-5-12)6-9(8)11/h1-6H,10-11H2/b2-1+. The van der Waals surface area contributed by atoms with E-state index in [1.165, 1.54) is 6.08 Å². The van der Waals surface area contributed by atoms with Gasteiger partial charge in [0.05, 0.1) is 11.4 Å². The highest BCUT2D eigenvalue weighted by molar-refractivity contribution is 5.76. The zero-order chi connectivity index (χ0) is 8.97. The number of nitrogens with two attached hydrogens (primary N) is 2. The number of carbonyl (C=O) groups excluding carboxylic acids is 1. The Labute approximate surface area is 70.7 Å². The average Bonchev–Trinajstić information content (AvgIpc) is 2.07. The molecule has 3 nitrogen and oxygen atoms in total. The molecule has 62 valence electrons. The molecule has 0 aliphatic rings. The zero-order valence-electron chi connectivity index (χ0n) is 6.53. The summed E-state index contributed by atoms with van der Waals surface area (Å²) < 4.78 is 0. The topological polar surface area (TPSA) is 69.1 Å². The van der Waals surface area contributed by atoms with Crippen molar-refractivity contribution in [1.82, 2.24) is 0 Å². The number of allylic oxidation sites excluding steroid dienone is 1. The van der Waals surface area contributed by atoms with E-state index in [0.717, 1.165) is 5.56 Å². The van der Waals surface area contributed by atoms with E-state index in [9.17, 15) is 4.79 Å². The number of anilines is 2. The molecule has 1 aromatic rings. The molecule has 0 atom stereocenters. The Balaban J connectivity index is 2.96. The zero-order valence-corrected chi connectivity index (χ0v) is 6.53. The van der Waals surface area contributed by atoms with Gasteiger partial charge >= 0.3 is 0 Å². The van der Waals surface area contributed by atoms with Crippen molar-refractivity contribution in [1.29, 1.82) is 0 Å². The number of hydrogen-bond acceptors (Lipinski definition) is 3. The van der Waals surface area contributed by atoms with Crippen LogP contribution in [0, 0.1) is 0 Å². The molecule has 4 N–H and O–H groups in total. The number of benzene rings is 1. The van der Waals surface area contributed by atoms with Gasteiger partial charge in [0.2, 0.25) is 0 Å². The van der Waals surface area contributed by atoms with Gasteiger partial charge in [-0.3, -0.25) is 4.79 Å². The maximum atomic E-state index is 9.99. The van der Waals surface area contributed by atoms with Gasteiger partial charge < -0.3 is 11.5 Å². The Morgan fingerprint density at radius 1 is 1.17 bits per heavy atom. The Kier molecular flexibility index (Phi) is 2.48. The molecule has 0 fully saturated rings. The molecular weight excluding hydrogens is 152 g/mol. The SMILES string of the molecule is Nc1ccc(/C=C/C=O)cc1N. The van der Waals surface area contributed by atoms with Crippen LogP contribution in [0.5, 0.6) is 0 Å². The van der Waals surface area contributed by atoms with E-state index in [1.54, 1.807) is 24.3 Å². The van der Waals surface area contributed by atoms with Gasteiger partial charge in [-0.15, -0.1) is 0 Å². The highest BCUT2D eigenvalue weighted by Crippen LogP contribution is 2.16. The predicted octanol–water partition coefficient (Wildman–Crippen LogP) is 1.06. The van der Waals surface area contributed by atoms with E-state index in [-0.39, 0.29) is 0 Å². The van der Waals surface area contributed by atoms with Gasteiger partial charge in [-0.05, 0) is 23.8 Å². The van der Waals surface area contributed by atoms with Gasteiger partial charge in [-0.25, -0.2) is 0 Å². The maximum Gasteiger partial charge on any atom is 0.142 e. The number of rotatable bonds is 2. The largest absolute Gasteiger partial charge is 0.397 e. The summed E-state index contributed by atoms with van der Waals surface area (Å²) in [5.74, 6) is 0. The van der Waals surface area contributed by atoms with E-state index in [1.807, 2.05) is 0 Å². The summed E-state index contributed by atoms with van der Waals surface area (Å²) in [6.45, 7) is 0. The molecule has 12 heavy (non-hydrogen) atoms. The van der Waals surface area contributed by atoms with Crippen LogP contribution < -0.4 is 11.5 Å². The third kappa shape index (κ3) is 1.85. The van der Waals surface area contributed by atoms with Crippen LogP contribution in [0.2, 0.25) is 0 Å². The van der Waals surface area contributed by atoms with Crippen LogP contribution in [0.25, 0.3) is 6.08 Å². The molecule has 0 bridgehead atoms. The van der Waals surface area contributed by atoms with E-state index in [0.29, 0.717) is 17.7 Å². The lowest BCUT2D eigenvalue weighted by atomic mass is 10.1. The van der Waals surface area contributed by atoms with Crippen LogP contribution in [0.3, 0.4) is 0 Å². The summed E-state index contributed by atoms with van der Waals surface area (Å²) in [5, 5.41) is 0. The fourth-order valence-electron chi connectivity index (χ4n) is 0.847. The van der Waals surface area contributed by atoms with E-state index >= 15 is 0 Å². The van der Waals surface area contributed by atoms with Crippen molar-refractivity contribution in [3.8, 4) is 0 Å². The lowest BCUT2D eigenvalue weighted by Gasteiger charge is -1.99. The van der Waals surface area contributed by atoms with Crippen LogP contribution >= 0.6 is 0 Å². The van der Waals surface area contributed by atoms with Gasteiger partial charge in [0.25, 0.3) is 0 Å². The molecule has 0 amide bonds. The second-order valence-corrected chi connectivity index (χ2v) is 2.38. The van der Waals surface area contributed by atoms with Crippen LogP contribution in [0.1, 0.15) is 5.56 Å². The molecule has 0 saturated heterocycles. The first-order valence-corrected chi connectivity index (χ1v) is 3.51. The summed E-state index contributed by atoms with van der Waals surface area (Å²) in [7, 11) is 0. The Hall–Kier alpha value is -1.77. The predicted molar refractivity (Wildman–Crippen MR) is 50.4 cm³/mol. The summed E-state index contributed by atoms with van der Waals surface area (Å²) >= 11 is 0. The summed E-state index contributed by atoms with van der Waals surface area (Å²) in [6, 6.07) is 5.22. The minimum absolute atomic E-state index is 0.531. The summed E-state index contributed by atoms with van der Waals surface area (Å²) in [6.07, 6.45) is 3.79. The Bertz CT molecular complexity index is 318. The normalized spacial score (nSPS) is 10.3. The molecule has 0 radical (unpaired) electrons. The minimum atomic E-state index is 0.531. The third-order valence-corrected chi connectivity index (χ3v) is 1.48. The van der Waals surface area contributed by atoms with Gasteiger partial charge in [0.1, 0.15) is 6.29 Å². The Morgan fingerprint density at radius 3 is 2.50 bits per heavy atom. The van der Waals surface area contributed by atoms with Gasteiger partial charge in [-0.2, -0.15) is 0 Å². The van der Waals surface area contributed by atoms with Crippen LogP contribution in [0.4, 0.5) is 11.4 Å². The van der Waals surface area contributed by atoms with E-state index in [4.69, 9.17) is 11.5 Å². The first-order valence-electron chi connectivity index (χ1n) is 3.51. The second-order valence-electron chi connectivity index (χ2n) is 2.38.